The molecule has 4 N–H and O–H groups in total. The Morgan fingerprint density at radius 3 is 2.67 bits per heavy atom. The summed E-state index contributed by atoms with van der Waals surface area (Å²) < 4.78 is 0. The van der Waals surface area contributed by atoms with Gasteiger partial charge in [-0.1, -0.05) is 26.3 Å². The number of hydrogen-bond acceptors (Lipinski definition) is 2. The van der Waals surface area contributed by atoms with Gasteiger partial charge in [0.05, 0.1) is 0 Å². The van der Waals surface area contributed by atoms with Crippen LogP contribution in [0.3, 0.4) is 0 Å². The summed E-state index contributed by atoms with van der Waals surface area (Å²) in [6.07, 6.45) is 4.13. The maximum absolute atomic E-state index is 12.4. The minimum Gasteiger partial charge on any atom is -0.352 e. The molecule has 2 rings (SSSR count). The summed E-state index contributed by atoms with van der Waals surface area (Å²) in [6, 6.07) is 4.72. The third kappa shape index (κ3) is 3.74. The monoisotopic (exact) mass is 289 g/mol. The van der Waals surface area contributed by atoms with Gasteiger partial charge in [-0.2, -0.15) is 0 Å². The number of amides is 3. The maximum atomic E-state index is 12.4. The molecule has 21 heavy (non-hydrogen) atoms. The van der Waals surface area contributed by atoms with Gasteiger partial charge in [-0.3, -0.25) is 4.79 Å². The van der Waals surface area contributed by atoms with Crippen molar-refractivity contribution in [2.45, 2.75) is 45.6 Å². The molecule has 0 radical (unpaired) electrons. The summed E-state index contributed by atoms with van der Waals surface area (Å²) >= 11 is 0. The van der Waals surface area contributed by atoms with Gasteiger partial charge in [0, 0.05) is 5.69 Å². The molecule has 114 valence electrons. The van der Waals surface area contributed by atoms with Crippen LogP contribution in [0.4, 0.5) is 10.5 Å². The zero-order chi connectivity index (χ0) is 15.4. The molecular weight excluding hydrogens is 266 g/mol. The van der Waals surface area contributed by atoms with Crippen LogP contribution in [0, 0.1) is 5.92 Å². The highest BCUT2D eigenvalue weighted by Gasteiger charge is 2.25. The number of anilines is 1. The van der Waals surface area contributed by atoms with E-state index in [0.717, 1.165) is 24.9 Å². The summed E-state index contributed by atoms with van der Waals surface area (Å²) in [7, 11) is 0. The molecule has 0 spiro atoms. The highest BCUT2D eigenvalue weighted by atomic mass is 16.2. The molecule has 2 atom stereocenters. The summed E-state index contributed by atoms with van der Waals surface area (Å²) in [5, 5.41) is 5.41. The van der Waals surface area contributed by atoms with E-state index >= 15 is 0 Å². The van der Waals surface area contributed by atoms with Crippen LogP contribution in [0.15, 0.2) is 18.2 Å². The third-order valence-electron chi connectivity index (χ3n) is 4.16. The van der Waals surface area contributed by atoms with Crippen LogP contribution >= 0.6 is 0 Å². The lowest BCUT2D eigenvalue weighted by atomic mass is 9.98. The Morgan fingerprint density at radius 2 is 2.00 bits per heavy atom. The van der Waals surface area contributed by atoms with Crippen molar-refractivity contribution in [1.29, 1.82) is 0 Å². The Labute approximate surface area is 125 Å². The molecule has 5 heteroatoms. The van der Waals surface area contributed by atoms with Gasteiger partial charge in [0.15, 0.2) is 0 Å². The molecule has 1 aliphatic carbocycles. The average Bonchev–Trinajstić information content (AvgIpc) is 2.91. The molecule has 3 amide bonds. The van der Waals surface area contributed by atoms with Crippen molar-refractivity contribution in [2.24, 2.45) is 11.7 Å². The Bertz CT molecular complexity index is 542. The lowest BCUT2D eigenvalue weighted by Gasteiger charge is -2.22. The van der Waals surface area contributed by atoms with Crippen molar-refractivity contribution in [2.75, 3.05) is 5.32 Å². The number of fused-ring (bicyclic) bond motifs is 1. The van der Waals surface area contributed by atoms with Gasteiger partial charge in [0.1, 0.15) is 6.04 Å². The van der Waals surface area contributed by atoms with Crippen LogP contribution in [0.25, 0.3) is 0 Å². The lowest BCUT2D eigenvalue weighted by Crippen LogP contribution is -2.49. The summed E-state index contributed by atoms with van der Waals surface area (Å²) in [5.74, 6) is -0.201. The first-order valence-electron chi connectivity index (χ1n) is 7.50. The van der Waals surface area contributed by atoms with Gasteiger partial charge in [-0.25, -0.2) is 4.79 Å². The van der Waals surface area contributed by atoms with E-state index in [-0.39, 0.29) is 11.8 Å². The van der Waals surface area contributed by atoms with Crippen LogP contribution in [-0.2, 0) is 17.6 Å². The van der Waals surface area contributed by atoms with Crippen molar-refractivity contribution in [1.82, 2.24) is 5.32 Å². The molecule has 0 saturated carbocycles. The van der Waals surface area contributed by atoms with E-state index < -0.39 is 12.1 Å². The van der Waals surface area contributed by atoms with Gasteiger partial charge < -0.3 is 16.4 Å². The molecule has 1 aromatic rings. The standard InChI is InChI=1S/C16H23N3O2/c1-3-10(2)14(19-16(17)21)15(20)18-13-8-7-11-5-4-6-12(11)9-13/h7-10,14H,3-6H2,1-2H3,(H,18,20)(H3,17,19,21). The first kappa shape index (κ1) is 15.4. The van der Waals surface area contributed by atoms with E-state index in [1.807, 2.05) is 26.0 Å². The van der Waals surface area contributed by atoms with E-state index in [1.54, 1.807) is 0 Å². The zero-order valence-corrected chi connectivity index (χ0v) is 12.6. The van der Waals surface area contributed by atoms with Crippen molar-refractivity contribution >= 4 is 17.6 Å². The molecule has 1 aromatic carbocycles. The summed E-state index contributed by atoms with van der Waals surface area (Å²) in [6.45, 7) is 3.89. The van der Waals surface area contributed by atoms with Crippen molar-refractivity contribution in [3.63, 3.8) is 0 Å². The normalized spacial score (nSPS) is 15.9. The zero-order valence-electron chi connectivity index (χ0n) is 12.6. The maximum Gasteiger partial charge on any atom is 0.312 e. The molecule has 0 saturated heterocycles. The van der Waals surface area contributed by atoms with E-state index in [0.29, 0.717) is 0 Å². The quantitative estimate of drug-likeness (QED) is 0.776. The van der Waals surface area contributed by atoms with Crippen LogP contribution in [0.2, 0.25) is 0 Å². The Morgan fingerprint density at radius 1 is 1.29 bits per heavy atom. The molecule has 1 aliphatic rings. The van der Waals surface area contributed by atoms with Crippen molar-refractivity contribution in [3.8, 4) is 0 Å². The highest BCUT2D eigenvalue weighted by Crippen LogP contribution is 2.25. The van der Waals surface area contributed by atoms with E-state index in [4.69, 9.17) is 5.73 Å². The first-order valence-corrected chi connectivity index (χ1v) is 7.50. The second-order valence-electron chi connectivity index (χ2n) is 5.70. The van der Waals surface area contributed by atoms with Gasteiger partial charge >= 0.3 is 6.03 Å². The third-order valence-corrected chi connectivity index (χ3v) is 4.16. The number of nitrogens with one attached hydrogen (secondary N) is 2. The van der Waals surface area contributed by atoms with E-state index in [2.05, 4.69) is 16.7 Å². The van der Waals surface area contributed by atoms with Crippen molar-refractivity contribution in [3.05, 3.63) is 29.3 Å². The average molecular weight is 289 g/mol. The van der Waals surface area contributed by atoms with Crippen LogP contribution in [-0.4, -0.2) is 18.0 Å². The molecule has 0 aliphatic heterocycles. The summed E-state index contributed by atoms with van der Waals surface area (Å²) in [4.78, 5) is 23.4. The Kier molecular flexibility index (Phi) is 4.83. The number of aryl methyl sites for hydroxylation is 2. The van der Waals surface area contributed by atoms with Crippen LogP contribution in [0.5, 0.6) is 0 Å². The minimum absolute atomic E-state index is 0.0203. The molecule has 0 heterocycles. The SMILES string of the molecule is CCC(C)C(NC(N)=O)C(=O)Nc1ccc2c(c1)CCC2. The van der Waals surface area contributed by atoms with E-state index in [1.165, 1.54) is 17.5 Å². The van der Waals surface area contributed by atoms with Crippen LogP contribution in [0.1, 0.15) is 37.8 Å². The van der Waals surface area contributed by atoms with Crippen molar-refractivity contribution < 1.29 is 9.59 Å². The minimum atomic E-state index is -0.676. The number of carbonyl (C=O) groups is 2. The number of benzene rings is 1. The molecule has 0 bridgehead atoms. The smallest absolute Gasteiger partial charge is 0.312 e. The molecular formula is C16H23N3O2. The highest BCUT2D eigenvalue weighted by molar-refractivity contribution is 5.97. The first-order chi connectivity index (χ1) is 10.0. The lowest BCUT2D eigenvalue weighted by molar-refractivity contribution is -0.119. The predicted molar refractivity (Wildman–Crippen MR) is 83.1 cm³/mol. The number of rotatable bonds is 5. The summed E-state index contributed by atoms with van der Waals surface area (Å²) in [5.41, 5.74) is 8.60. The topological polar surface area (TPSA) is 84.2 Å². The van der Waals surface area contributed by atoms with Crippen LogP contribution < -0.4 is 16.4 Å². The fraction of sp³-hybridized carbons (Fsp3) is 0.500. The van der Waals surface area contributed by atoms with Gasteiger partial charge in [0.25, 0.3) is 0 Å². The fourth-order valence-corrected chi connectivity index (χ4v) is 2.72. The number of primary amides is 1. The van der Waals surface area contributed by atoms with Gasteiger partial charge in [-0.15, -0.1) is 0 Å². The Hall–Kier alpha value is -2.04. The predicted octanol–water partition coefficient (Wildman–Crippen LogP) is 2.20. The van der Waals surface area contributed by atoms with Gasteiger partial charge in [0.2, 0.25) is 5.91 Å². The number of carbonyl (C=O) groups excluding carboxylic acids is 2. The van der Waals surface area contributed by atoms with Gasteiger partial charge in [-0.05, 0) is 48.4 Å². The second kappa shape index (κ2) is 6.61. The molecule has 5 nitrogen and oxygen atoms in total. The fourth-order valence-electron chi connectivity index (χ4n) is 2.72. The second-order valence-corrected chi connectivity index (χ2v) is 5.70. The number of hydrogen-bond donors (Lipinski definition) is 3. The number of urea groups is 1. The van der Waals surface area contributed by atoms with E-state index in [9.17, 15) is 9.59 Å². The Balaban J connectivity index is 2.09. The molecule has 0 aromatic heterocycles. The number of nitrogens with two attached hydrogens (primary N) is 1. The largest absolute Gasteiger partial charge is 0.352 e. The molecule has 2 unspecified atom stereocenters. The molecule has 0 fully saturated rings.